The Kier molecular flexibility index (Phi) is 5.36. The van der Waals surface area contributed by atoms with Gasteiger partial charge in [-0.1, -0.05) is 22.9 Å². The van der Waals surface area contributed by atoms with Crippen LogP contribution < -0.4 is 0 Å². The molecule has 0 aromatic heterocycles. The summed E-state index contributed by atoms with van der Waals surface area (Å²) in [5.74, 6) is 0. The van der Waals surface area contributed by atoms with Crippen molar-refractivity contribution >= 4 is 15.9 Å². The number of hydrogen-bond acceptors (Lipinski definition) is 1. The number of alkyl halides is 1. The van der Waals surface area contributed by atoms with E-state index in [9.17, 15) is 0 Å². The number of hydrogen-bond donors (Lipinski definition) is 0. The van der Waals surface area contributed by atoms with Crippen molar-refractivity contribution < 1.29 is 0 Å². The number of rotatable bonds is 4. The first-order valence-electron chi connectivity index (χ1n) is 3.91. The minimum absolute atomic E-state index is 0.648. The van der Waals surface area contributed by atoms with E-state index in [-0.39, 0.29) is 0 Å². The molecule has 0 aromatic carbocycles. The molecule has 0 rings (SSSR count). The van der Waals surface area contributed by atoms with Crippen LogP contribution in [0.4, 0.5) is 0 Å². The van der Waals surface area contributed by atoms with Crippen LogP contribution in [0.25, 0.3) is 0 Å². The van der Waals surface area contributed by atoms with E-state index in [1.54, 1.807) is 0 Å². The molecule has 0 aliphatic carbocycles. The second-order valence-corrected chi connectivity index (χ2v) is 3.57. The van der Waals surface area contributed by atoms with Crippen LogP contribution in [0.2, 0.25) is 0 Å². The molecule has 10 heavy (non-hydrogen) atoms. The third-order valence-electron chi connectivity index (χ3n) is 2.20. The van der Waals surface area contributed by atoms with E-state index in [0.717, 1.165) is 5.33 Å². The summed E-state index contributed by atoms with van der Waals surface area (Å²) in [6.07, 6.45) is 1.23. The maximum absolute atomic E-state index is 3.47. The summed E-state index contributed by atoms with van der Waals surface area (Å²) < 4.78 is 0. The summed E-state index contributed by atoms with van der Waals surface area (Å²) in [6.45, 7) is 6.72. The highest BCUT2D eigenvalue weighted by molar-refractivity contribution is 9.09. The lowest BCUT2D eigenvalue weighted by molar-refractivity contribution is 0.207. The molecular formula is C8H18BrN. The average Bonchev–Trinajstić information content (AvgIpc) is 2.00. The van der Waals surface area contributed by atoms with Crippen molar-refractivity contribution in [2.24, 2.45) is 0 Å². The third kappa shape index (κ3) is 3.02. The van der Waals surface area contributed by atoms with E-state index < -0.39 is 0 Å². The Bertz CT molecular complexity index is 75.3. The topological polar surface area (TPSA) is 3.24 Å². The van der Waals surface area contributed by atoms with Gasteiger partial charge in [0.15, 0.2) is 0 Å². The Morgan fingerprint density at radius 3 is 2.10 bits per heavy atom. The molecule has 0 saturated carbocycles. The second-order valence-electron chi connectivity index (χ2n) is 2.93. The van der Waals surface area contributed by atoms with Gasteiger partial charge in [-0.15, -0.1) is 0 Å². The predicted molar refractivity (Wildman–Crippen MR) is 50.8 cm³/mol. The summed E-state index contributed by atoms with van der Waals surface area (Å²) in [5, 5.41) is 1.06. The molecule has 62 valence electrons. The van der Waals surface area contributed by atoms with Gasteiger partial charge in [0.25, 0.3) is 0 Å². The quantitative estimate of drug-likeness (QED) is 0.641. The van der Waals surface area contributed by atoms with E-state index in [0.29, 0.717) is 12.1 Å². The van der Waals surface area contributed by atoms with Gasteiger partial charge in [-0.25, -0.2) is 0 Å². The third-order valence-corrected chi connectivity index (χ3v) is 3.14. The number of nitrogens with zero attached hydrogens (tertiary/aromatic N) is 1. The minimum Gasteiger partial charge on any atom is -0.300 e. The van der Waals surface area contributed by atoms with E-state index >= 15 is 0 Å². The van der Waals surface area contributed by atoms with Crippen LogP contribution in [-0.2, 0) is 0 Å². The Hall–Kier alpha value is 0.440. The van der Waals surface area contributed by atoms with E-state index in [1.807, 2.05) is 0 Å². The predicted octanol–water partition coefficient (Wildman–Crippen LogP) is 2.50. The molecule has 0 amide bonds. The van der Waals surface area contributed by atoms with Crippen molar-refractivity contribution in [2.45, 2.75) is 39.3 Å². The zero-order valence-electron chi connectivity index (χ0n) is 7.39. The summed E-state index contributed by atoms with van der Waals surface area (Å²) in [7, 11) is 2.18. The van der Waals surface area contributed by atoms with Gasteiger partial charge in [0, 0.05) is 17.4 Å². The van der Waals surface area contributed by atoms with Crippen molar-refractivity contribution in [1.29, 1.82) is 0 Å². The first kappa shape index (κ1) is 10.4. The smallest absolute Gasteiger partial charge is 0.0185 e. The van der Waals surface area contributed by atoms with Crippen LogP contribution in [0, 0.1) is 0 Å². The Morgan fingerprint density at radius 1 is 1.30 bits per heavy atom. The van der Waals surface area contributed by atoms with Gasteiger partial charge in [-0.2, -0.15) is 0 Å². The molecule has 2 atom stereocenters. The standard InChI is InChI=1S/C8H18BrN/c1-5-7(2)10(4)8(3)6-9/h7-8H,5-6H2,1-4H3. The van der Waals surface area contributed by atoms with Crippen molar-refractivity contribution in [1.82, 2.24) is 4.90 Å². The molecule has 0 spiro atoms. The lowest BCUT2D eigenvalue weighted by Crippen LogP contribution is -2.37. The van der Waals surface area contributed by atoms with Crippen molar-refractivity contribution in [3.63, 3.8) is 0 Å². The molecule has 0 bridgehead atoms. The molecule has 0 aromatic rings. The molecule has 0 heterocycles. The summed E-state index contributed by atoms with van der Waals surface area (Å²) >= 11 is 3.47. The fourth-order valence-corrected chi connectivity index (χ4v) is 1.29. The van der Waals surface area contributed by atoms with Gasteiger partial charge >= 0.3 is 0 Å². The zero-order valence-corrected chi connectivity index (χ0v) is 8.98. The maximum atomic E-state index is 3.47. The largest absolute Gasteiger partial charge is 0.300 e. The van der Waals surface area contributed by atoms with Crippen LogP contribution in [0.3, 0.4) is 0 Å². The lowest BCUT2D eigenvalue weighted by atomic mass is 10.2. The molecule has 2 heteroatoms. The fraction of sp³-hybridized carbons (Fsp3) is 1.00. The van der Waals surface area contributed by atoms with Crippen LogP contribution >= 0.6 is 15.9 Å². The van der Waals surface area contributed by atoms with Crippen molar-refractivity contribution in [2.75, 3.05) is 12.4 Å². The molecule has 1 nitrogen and oxygen atoms in total. The molecule has 2 unspecified atom stereocenters. The molecule has 0 aliphatic rings. The summed E-state index contributed by atoms with van der Waals surface area (Å²) in [4.78, 5) is 2.40. The monoisotopic (exact) mass is 207 g/mol. The van der Waals surface area contributed by atoms with E-state index in [4.69, 9.17) is 0 Å². The van der Waals surface area contributed by atoms with Gasteiger partial charge in [0.05, 0.1) is 0 Å². The maximum Gasteiger partial charge on any atom is 0.0185 e. The first-order valence-corrected chi connectivity index (χ1v) is 5.03. The molecule has 0 aliphatic heterocycles. The molecule has 0 fully saturated rings. The zero-order chi connectivity index (χ0) is 8.15. The minimum atomic E-state index is 0.648. The van der Waals surface area contributed by atoms with Gasteiger partial charge < -0.3 is 4.90 Å². The molecular weight excluding hydrogens is 190 g/mol. The van der Waals surface area contributed by atoms with Crippen LogP contribution in [0.5, 0.6) is 0 Å². The fourth-order valence-electron chi connectivity index (χ4n) is 0.831. The average molecular weight is 208 g/mol. The Morgan fingerprint density at radius 2 is 1.80 bits per heavy atom. The highest BCUT2D eigenvalue weighted by Crippen LogP contribution is 2.06. The van der Waals surface area contributed by atoms with Crippen LogP contribution in [0.15, 0.2) is 0 Å². The Labute approximate surface area is 72.9 Å². The van der Waals surface area contributed by atoms with Crippen molar-refractivity contribution in [3.05, 3.63) is 0 Å². The first-order chi connectivity index (χ1) is 4.63. The van der Waals surface area contributed by atoms with Gasteiger partial charge in [-0.3, -0.25) is 0 Å². The van der Waals surface area contributed by atoms with Crippen LogP contribution in [0.1, 0.15) is 27.2 Å². The SMILES string of the molecule is CCC(C)N(C)C(C)CBr. The number of halogens is 1. The lowest BCUT2D eigenvalue weighted by Gasteiger charge is -2.28. The summed E-state index contributed by atoms with van der Waals surface area (Å²) in [6, 6.07) is 1.35. The van der Waals surface area contributed by atoms with Gasteiger partial charge in [0.2, 0.25) is 0 Å². The van der Waals surface area contributed by atoms with Crippen molar-refractivity contribution in [3.8, 4) is 0 Å². The van der Waals surface area contributed by atoms with E-state index in [1.165, 1.54) is 6.42 Å². The van der Waals surface area contributed by atoms with Crippen LogP contribution in [-0.4, -0.2) is 29.4 Å². The molecule has 0 N–H and O–H groups in total. The highest BCUT2D eigenvalue weighted by atomic mass is 79.9. The molecule has 0 radical (unpaired) electrons. The molecule has 0 saturated heterocycles. The Balaban J connectivity index is 3.69. The highest BCUT2D eigenvalue weighted by Gasteiger charge is 2.11. The van der Waals surface area contributed by atoms with Gasteiger partial charge in [0.1, 0.15) is 0 Å². The second kappa shape index (κ2) is 5.14. The van der Waals surface area contributed by atoms with E-state index in [2.05, 4.69) is 48.6 Å². The van der Waals surface area contributed by atoms with Gasteiger partial charge in [-0.05, 0) is 27.3 Å². The normalized spacial score (nSPS) is 17.4. The summed E-state index contributed by atoms with van der Waals surface area (Å²) in [5.41, 5.74) is 0.